The van der Waals surface area contributed by atoms with E-state index in [1.54, 1.807) is 0 Å². The van der Waals surface area contributed by atoms with Crippen LogP contribution in [0, 0.1) is 0 Å². The lowest BCUT2D eigenvalue weighted by atomic mass is 10.1. The number of nitrogens with two attached hydrogens (primary N) is 1. The number of aromatic amines is 1. The zero-order valence-electron chi connectivity index (χ0n) is 16.9. The standard InChI is InChI=1S/C17H28N6O5S3/c1-31-3-2-11(15(25)23-13(7-30)17(27)28)21-16(26)12(4-9-5-19-8-20-9)22-14(24)10(18)6-29/h5,8,10-13,29-30H,2-4,6-7,18H2,1H3,(H,19,20)(H,21,26)(H,22,24)(H,23,25)(H,27,28). The molecule has 1 rings (SSSR count). The SMILES string of the molecule is CSCCC(NC(=O)C(Cc1cnc[nH]1)NC(=O)C(N)CS)C(=O)NC(CS)C(=O)O. The van der Waals surface area contributed by atoms with E-state index in [1.807, 2.05) is 6.26 Å². The summed E-state index contributed by atoms with van der Waals surface area (Å²) in [5, 5.41) is 16.7. The average molecular weight is 493 g/mol. The molecular weight excluding hydrogens is 464 g/mol. The fraction of sp³-hybridized carbons (Fsp3) is 0.588. The minimum Gasteiger partial charge on any atom is -0.480 e. The van der Waals surface area contributed by atoms with Crippen LogP contribution in [-0.4, -0.2) is 86.4 Å². The lowest BCUT2D eigenvalue weighted by Gasteiger charge is -2.24. The van der Waals surface area contributed by atoms with E-state index >= 15 is 0 Å². The van der Waals surface area contributed by atoms with Gasteiger partial charge in [-0.15, -0.1) is 0 Å². The van der Waals surface area contributed by atoms with Gasteiger partial charge in [-0.1, -0.05) is 0 Å². The van der Waals surface area contributed by atoms with Crippen molar-refractivity contribution in [3.8, 4) is 0 Å². The molecule has 174 valence electrons. The Bertz CT molecular complexity index is 736. The zero-order chi connectivity index (χ0) is 23.4. The third-order valence-corrected chi connectivity index (χ3v) is 5.59. The van der Waals surface area contributed by atoms with Crippen molar-refractivity contribution in [1.29, 1.82) is 0 Å². The number of H-pyrrole nitrogens is 1. The fourth-order valence-electron chi connectivity index (χ4n) is 2.42. The number of carboxylic acids is 1. The highest BCUT2D eigenvalue weighted by molar-refractivity contribution is 7.98. The number of rotatable bonds is 14. The lowest BCUT2D eigenvalue weighted by Crippen LogP contribution is -2.58. The fourth-order valence-corrected chi connectivity index (χ4v) is 3.31. The second kappa shape index (κ2) is 14.2. The predicted octanol–water partition coefficient (Wildman–Crippen LogP) is -1.57. The number of aliphatic carboxylic acids is 1. The number of thioether (sulfide) groups is 1. The lowest BCUT2D eigenvalue weighted by molar-refractivity contribution is -0.141. The number of aromatic nitrogens is 2. The van der Waals surface area contributed by atoms with Crippen molar-refractivity contribution in [3.05, 3.63) is 18.2 Å². The molecule has 0 radical (unpaired) electrons. The Morgan fingerprint density at radius 2 is 1.71 bits per heavy atom. The van der Waals surface area contributed by atoms with Crippen LogP contribution in [0.1, 0.15) is 12.1 Å². The van der Waals surface area contributed by atoms with Crippen LogP contribution in [0.4, 0.5) is 0 Å². The van der Waals surface area contributed by atoms with E-state index in [4.69, 9.17) is 10.8 Å². The zero-order valence-corrected chi connectivity index (χ0v) is 19.5. The summed E-state index contributed by atoms with van der Waals surface area (Å²) in [7, 11) is 0. The summed E-state index contributed by atoms with van der Waals surface area (Å²) in [4.78, 5) is 55.7. The topological polar surface area (TPSA) is 179 Å². The Morgan fingerprint density at radius 1 is 1.10 bits per heavy atom. The maximum Gasteiger partial charge on any atom is 0.327 e. The number of carboxylic acid groups (broad SMARTS) is 1. The van der Waals surface area contributed by atoms with E-state index < -0.39 is 47.9 Å². The van der Waals surface area contributed by atoms with Gasteiger partial charge in [-0.25, -0.2) is 9.78 Å². The Morgan fingerprint density at radius 3 is 2.23 bits per heavy atom. The first-order chi connectivity index (χ1) is 14.7. The van der Waals surface area contributed by atoms with Crippen LogP contribution in [-0.2, 0) is 25.6 Å². The molecule has 4 unspecified atom stereocenters. The number of carbonyl (C=O) groups is 4. The molecule has 3 amide bonds. The molecule has 0 saturated carbocycles. The highest BCUT2D eigenvalue weighted by Gasteiger charge is 2.30. The Kier molecular flexibility index (Phi) is 12.4. The van der Waals surface area contributed by atoms with Crippen LogP contribution in [0.25, 0.3) is 0 Å². The molecule has 4 atom stereocenters. The van der Waals surface area contributed by atoms with Gasteiger partial charge in [-0.2, -0.15) is 37.0 Å². The van der Waals surface area contributed by atoms with Gasteiger partial charge in [-0.3, -0.25) is 14.4 Å². The molecule has 0 spiro atoms. The number of thiol groups is 2. The summed E-state index contributed by atoms with van der Waals surface area (Å²) in [6.45, 7) is 0. The molecule has 0 fully saturated rings. The summed E-state index contributed by atoms with van der Waals surface area (Å²) < 4.78 is 0. The number of nitrogens with one attached hydrogen (secondary N) is 4. The van der Waals surface area contributed by atoms with Gasteiger partial charge in [0.2, 0.25) is 17.7 Å². The Labute approximate surface area is 195 Å². The van der Waals surface area contributed by atoms with Gasteiger partial charge in [-0.05, 0) is 18.4 Å². The molecule has 1 aromatic rings. The maximum atomic E-state index is 12.9. The number of carbonyl (C=O) groups excluding carboxylic acids is 3. The van der Waals surface area contributed by atoms with E-state index in [9.17, 15) is 19.2 Å². The van der Waals surface area contributed by atoms with Gasteiger partial charge in [0.15, 0.2) is 0 Å². The largest absolute Gasteiger partial charge is 0.480 e. The molecular formula is C17H28N6O5S3. The summed E-state index contributed by atoms with van der Waals surface area (Å²) in [6, 6.07) is -4.15. The smallest absolute Gasteiger partial charge is 0.327 e. The molecule has 11 nitrogen and oxygen atoms in total. The van der Waals surface area contributed by atoms with Crippen LogP contribution >= 0.6 is 37.0 Å². The second-order valence-electron chi connectivity index (χ2n) is 6.56. The van der Waals surface area contributed by atoms with Crippen molar-refractivity contribution in [1.82, 2.24) is 25.9 Å². The molecule has 0 saturated heterocycles. The van der Waals surface area contributed by atoms with Crippen molar-refractivity contribution in [2.75, 3.05) is 23.5 Å². The molecule has 14 heteroatoms. The molecule has 1 heterocycles. The molecule has 7 N–H and O–H groups in total. The van der Waals surface area contributed by atoms with Crippen molar-refractivity contribution < 1.29 is 24.3 Å². The van der Waals surface area contributed by atoms with Gasteiger partial charge >= 0.3 is 5.97 Å². The maximum absolute atomic E-state index is 12.9. The quantitative estimate of drug-likeness (QED) is 0.143. The van der Waals surface area contributed by atoms with Gasteiger partial charge in [0.05, 0.1) is 12.4 Å². The molecule has 0 aliphatic rings. The molecule has 1 aromatic heterocycles. The minimum absolute atomic E-state index is 0.0854. The van der Waals surface area contributed by atoms with Gasteiger partial charge in [0.1, 0.15) is 18.1 Å². The van der Waals surface area contributed by atoms with Crippen molar-refractivity contribution in [3.63, 3.8) is 0 Å². The van der Waals surface area contributed by atoms with Gasteiger partial charge in [0, 0.05) is 29.8 Å². The Balaban J connectivity index is 2.97. The average Bonchev–Trinajstić information content (AvgIpc) is 3.26. The molecule has 31 heavy (non-hydrogen) atoms. The molecule has 0 aromatic carbocycles. The van der Waals surface area contributed by atoms with Crippen molar-refractivity contribution in [2.45, 2.75) is 37.0 Å². The van der Waals surface area contributed by atoms with Crippen LogP contribution in [0.5, 0.6) is 0 Å². The number of hydrogen-bond acceptors (Lipinski definition) is 9. The minimum atomic E-state index is -1.23. The number of nitrogens with zero attached hydrogens (tertiary/aromatic N) is 1. The second-order valence-corrected chi connectivity index (χ2v) is 8.27. The number of amides is 3. The molecule has 0 bridgehead atoms. The molecule has 0 aliphatic carbocycles. The predicted molar refractivity (Wildman–Crippen MR) is 124 cm³/mol. The van der Waals surface area contributed by atoms with Crippen LogP contribution in [0.15, 0.2) is 12.5 Å². The summed E-state index contributed by atoms with van der Waals surface area (Å²) in [5.74, 6) is -2.55. The summed E-state index contributed by atoms with van der Waals surface area (Å²) in [5.41, 5.74) is 6.27. The van der Waals surface area contributed by atoms with E-state index in [2.05, 4.69) is 51.2 Å². The van der Waals surface area contributed by atoms with Crippen LogP contribution < -0.4 is 21.7 Å². The monoisotopic (exact) mass is 492 g/mol. The first-order valence-corrected chi connectivity index (χ1v) is 12.0. The third-order valence-electron chi connectivity index (χ3n) is 4.19. The van der Waals surface area contributed by atoms with E-state index in [0.717, 1.165) is 0 Å². The van der Waals surface area contributed by atoms with Crippen LogP contribution in [0.3, 0.4) is 0 Å². The van der Waals surface area contributed by atoms with Crippen LogP contribution in [0.2, 0.25) is 0 Å². The van der Waals surface area contributed by atoms with Gasteiger partial charge < -0.3 is 31.8 Å². The third kappa shape index (κ3) is 9.41. The summed E-state index contributed by atoms with van der Waals surface area (Å²) >= 11 is 9.37. The molecule has 0 aliphatic heterocycles. The van der Waals surface area contributed by atoms with E-state index in [1.165, 1.54) is 24.3 Å². The number of hydrogen-bond donors (Lipinski definition) is 8. The first-order valence-electron chi connectivity index (χ1n) is 9.30. The highest BCUT2D eigenvalue weighted by Crippen LogP contribution is 2.05. The van der Waals surface area contributed by atoms with Crippen molar-refractivity contribution >= 4 is 60.7 Å². The van der Waals surface area contributed by atoms with E-state index in [0.29, 0.717) is 11.4 Å². The first kappa shape index (κ1) is 27.1. The van der Waals surface area contributed by atoms with Gasteiger partial charge in [0.25, 0.3) is 0 Å². The Hall–Kier alpha value is -1.90. The normalized spacial score (nSPS) is 14.7. The number of imidazole rings is 1. The van der Waals surface area contributed by atoms with E-state index in [-0.39, 0.29) is 24.3 Å². The van der Waals surface area contributed by atoms with Crippen molar-refractivity contribution in [2.24, 2.45) is 5.73 Å². The highest BCUT2D eigenvalue weighted by atomic mass is 32.2. The summed E-state index contributed by atoms with van der Waals surface area (Å²) in [6.07, 6.45) is 5.13.